The first kappa shape index (κ1) is 13.7. The monoisotopic (exact) mass is 242 g/mol. The fourth-order valence-corrected chi connectivity index (χ4v) is 1.44. The average Bonchev–Trinajstić information content (AvgIpc) is 2.36. The number of amides is 1. The van der Waals surface area contributed by atoms with Gasteiger partial charge in [0.15, 0.2) is 0 Å². The van der Waals surface area contributed by atoms with E-state index < -0.39 is 0 Å². The van der Waals surface area contributed by atoms with Gasteiger partial charge in [-0.15, -0.1) is 0 Å². The third kappa shape index (κ3) is 4.25. The van der Waals surface area contributed by atoms with E-state index in [2.05, 4.69) is 5.32 Å². The molecule has 0 radical (unpaired) electrons. The molecule has 0 aromatic heterocycles. The average molecular weight is 242 g/mol. The van der Waals surface area contributed by atoms with Crippen molar-refractivity contribution in [3.05, 3.63) is 29.8 Å². The van der Waals surface area contributed by atoms with Gasteiger partial charge in [-0.05, 0) is 19.2 Å². The Hall–Kier alpha value is -2.37. The number of carbonyl (C=O) groups is 1. The summed E-state index contributed by atoms with van der Waals surface area (Å²) in [7, 11) is 1.77. The quantitative estimate of drug-likeness (QED) is 0.845. The molecule has 92 valence electrons. The number of benzene rings is 1. The Morgan fingerprint density at radius 3 is 2.78 bits per heavy atom. The molecule has 18 heavy (non-hydrogen) atoms. The minimum Gasteiger partial charge on any atom is -0.324 e. The molecular formula is C13H14N4O. The van der Waals surface area contributed by atoms with Crippen LogP contribution < -0.4 is 5.32 Å². The lowest BCUT2D eigenvalue weighted by atomic mass is 10.2. The minimum absolute atomic E-state index is 0.196. The van der Waals surface area contributed by atoms with E-state index in [-0.39, 0.29) is 12.5 Å². The van der Waals surface area contributed by atoms with Gasteiger partial charge in [0.1, 0.15) is 6.07 Å². The van der Waals surface area contributed by atoms with E-state index >= 15 is 0 Å². The number of rotatable bonds is 5. The van der Waals surface area contributed by atoms with Crippen LogP contribution in [-0.2, 0) is 4.79 Å². The molecule has 0 fully saturated rings. The maximum absolute atomic E-state index is 11.7. The predicted octanol–water partition coefficient (Wildman–Crippen LogP) is 1.34. The number of hydrogen-bond acceptors (Lipinski definition) is 4. The highest BCUT2D eigenvalue weighted by Gasteiger charge is 2.08. The summed E-state index contributed by atoms with van der Waals surface area (Å²) < 4.78 is 0. The van der Waals surface area contributed by atoms with Crippen LogP contribution in [0.3, 0.4) is 0 Å². The molecule has 0 heterocycles. The summed E-state index contributed by atoms with van der Waals surface area (Å²) in [6.45, 7) is 0.741. The van der Waals surface area contributed by atoms with Crippen molar-refractivity contribution >= 4 is 11.6 Å². The lowest BCUT2D eigenvalue weighted by Crippen LogP contribution is -2.30. The van der Waals surface area contributed by atoms with Gasteiger partial charge in [-0.3, -0.25) is 9.69 Å². The van der Waals surface area contributed by atoms with Crippen molar-refractivity contribution in [3.63, 3.8) is 0 Å². The van der Waals surface area contributed by atoms with Crippen LogP contribution in [0.15, 0.2) is 24.3 Å². The molecule has 1 aromatic carbocycles. The molecule has 1 aromatic rings. The Balaban J connectivity index is 2.55. The maximum Gasteiger partial charge on any atom is 0.238 e. The zero-order chi connectivity index (χ0) is 13.4. The molecule has 5 nitrogen and oxygen atoms in total. The van der Waals surface area contributed by atoms with Gasteiger partial charge in [-0.1, -0.05) is 12.1 Å². The van der Waals surface area contributed by atoms with E-state index in [9.17, 15) is 4.79 Å². The number of likely N-dealkylation sites (N-methyl/N-ethyl adjacent to an activating group) is 1. The van der Waals surface area contributed by atoms with E-state index in [1.165, 1.54) is 0 Å². The second-order valence-electron chi connectivity index (χ2n) is 3.85. The van der Waals surface area contributed by atoms with Crippen LogP contribution in [0, 0.1) is 22.7 Å². The number of anilines is 1. The molecule has 0 spiro atoms. The molecule has 0 saturated carbocycles. The van der Waals surface area contributed by atoms with Crippen LogP contribution in [0.5, 0.6) is 0 Å². The zero-order valence-electron chi connectivity index (χ0n) is 10.2. The van der Waals surface area contributed by atoms with E-state index in [1.807, 2.05) is 12.1 Å². The van der Waals surface area contributed by atoms with E-state index in [0.29, 0.717) is 24.2 Å². The summed E-state index contributed by atoms with van der Waals surface area (Å²) in [6, 6.07) is 10.9. The summed E-state index contributed by atoms with van der Waals surface area (Å²) in [5.41, 5.74) is 0.948. The van der Waals surface area contributed by atoms with Gasteiger partial charge < -0.3 is 5.32 Å². The van der Waals surface area contributed by atoms with Crippen molar-refractivity contribution in [2.75, 3.05) is 25.5 Å². The van der Waals surface area contributed by atoms with Crippen molar-refractivity contribution in [3.8, 4) is 12.1 Å². The molecule has 0 atom stereocenters. The molecule has 0 bridgehead atoms. The molecule has 1 rings (SSSR count). The van der Waals surface area contributed by atoms with Gasteiger partial charge in [0.05, 0.1) is 23.9 Å². The van der Waals surface area contributed by atoms with Crippen LogP contribution in [0.1, 0.15) is 12.0 Å². The van der Waals surface area contributed by atoms with Gasteiger partial charge in [0.2, 0.25) is 5.91 Å². The highest BCUT2D eigenvalue weighted by Crippen LogP contribution is 2.13. The fraction of sp³-hybridized carbons (Fsp3) is 0.308. The topological polar surface area (TPSA) is 79.9 Å². The normalized spacial score (nSPS) is 9.56. The van der Waals surface area contributed by atoms with Crippen LogP contribution >= 0.6 is 0 Å². The SMILES string of the molecule is CN(CCC#N)CC(=O)Nc1ccccc1C#N. The van der Waals surface area contributed by atoms with Crippen molar-refractivity contribution in [2.24, 2.45) is 0 Å². The number of nitrogens with zero attached hydrogens (tertiary/aromatic N) is 3. The van der Waals surface area contributed by atoms with Crippen molar-refractivity contribution < 1.29 is 4.79 Å². The Morgan fingerprint density at radius 2 is 2.11 bits per heavy atom. The zero-order valence-corrected chi connectivity index (χ0v) is 10.2. The predicted molar refractivity (Wildman–Crippen MR) is 67.5 cm³/mol. The molecular weight excluding hydrogens is 228 g/mol. The Morgan fingerprint density at radius 1 is 1.39 bits per heavy atom. The van der Waals surface area contributed by atoms with Gasteiger partial charge in [0, 0.05) is 13.0 Å². The number of carbonyl (C=O) groups excluding carboxylic acids is 1. The maximum atomic E-state index is 11.7. The standard InChI is InChI=1S/C13H14N4O/c1-17(8-4-7-14)10-13(18)16-12-6-3-2-5-11(12)9-15/h2-3,5-6H,4,8,10H2,1H3,(H,16,18). The molecule has 1 N–H and O–H groups in total. The van der Waals surface area contributed by atoms with Crippen LogP contribution in [0.4, 0.5) is 5.69 Å². The Kier molecular flexibility index (Phi) is 5.37. The molecule has 0 unspecified atom stereocenters. The number of hydrogen-bond donors (Lipinski definition) is 1. The molecule has 5 heteroatoms. The number of nitrogens with one attached hydrogen (secondary N) is 1. The molecule has 0 aliphatic carbocycles. The second kappa shape index (κ2) is 7.05. The van der Waals surface area contributed by atoms with E-state index in [4.69, 9.17) is 10.5 Å². The summed E-state index contributed by atoms with van der Waals surface area (Å²) >= 11 is 0. The molecule has 1 amide bonds. The third-order valence-electron chi connectivity index (χ3n) is 2.34. The Labute approximate surface area is 106 Å². The van der Waals surface area contributed by atoms with E-state index in [0.717, 1.165) is 0 Å². The van der Waals surface area contributed by atoms with Gasteiger partial charge >= 0.3 is 0 Å². The van der Waals surface area contributed by atoms with Gasteiger partial charge in [-0.2, -0.15) is 10.5 Å². The third-order valence-corrected chi connectivity index (χ3v) is 2.34. The van der Waals surface area contributed by atoms with Crippen LogP contribution in [0.2, 0.25) is 0 Å². The summed E-state index contributed by atoms with van der Waals surface area (Å²) in [4.78, 5) is 13.5. The first-order valence-electron chi connectivity index (χ1n) is 5.52. The first-order chi connectivity index (χ1) is 8.67. The van der Waals surface area contributed by atoms with Gasteiger partial charge in [-0.25, -0.2) is 0 Å². The lowest BCUT2D eigenvalue weighted by molar-refractivity contribution is -0.117. The number of para-hydroxylation sites is 1. The molecule has 0 saturated heterocycles. The van der Waals surface area contributed by atoms with Crippen molar-refractivity contribution in [1.82, 2.24) is 4.90 Å². The summed E-state index contributed by atoms with van der Waals surface area (Å²) in [5, 5.41) is 20.0. The minimum atomic E-state index is -0.196. The summed E-state index contributed by atoms with van der Waals surface area (Å²) in [5.74, 6) is -0.196. The van der Waals surface area contributed by atoms with Gasteiger partial charge in [0.25, 0.3) is 0 Å². The van der Waals surface area contributed by atoms with E-state index in [1.54, 1.807) is 36.2 Å². The summed E-state index contributed by atoms with van der Waals surface area (Å²) in [6.07, 6.45) is 0.387. The fourth-order valence-electron chi connectivity index (χ4n) is 1.44. The molecule has 0 aliphatic heterocycles. The highest BCUT2D eigenvalue weighted by molar-refractivity contribution is 5.93. The van der Waals surface area contributed by atoms with Crippen LogP contribution in [-0.4, -0.2) is 30.9 Å². The van der Waals surface area contributed by atoms with Crippen LogP contribution in [0.25, 0.3) is 0 Å². The Bertz CT molecular complexity index is 498. The smallest absolute Gasteiger partial charge is 0.238 e. The van der Waals surface area contributed by atoms with Crippen molar-refractivity contribution in [2.45, 2.75) is 6.42 Å². The number of nitriles is 2. The first-order valence-corrected chi connectivity index (χ1v) is 5.52. The lowest BCUT2D eigenvalue weighted by Gasteiger charge is -2.14. The second-order valence-corrected chi connectivity index (χ2v) is 3.85. The molecule has 0 aliphatic rings. The van der Waals surface area contributed by atoms with Crippen molar-refractivity contribution in [1.29, 1.82) is 10.5 Å². The highest BCUT2D eigenvalue weighted by atomic mass is 16.2. The largest absolute Gasteiger partial charge is 0.324 e.